The first kappa shape index (κ1) is 16.5. The average molecular weight is 329 g/mol. The number of hydrogen-bond acceptors (Lipinski definition) is 3. The summed E-state index contributed by atoms with van der Waals surface area (Å²) in [5.74, 6) is -0.709. The third-order valence-corrected chi connectivity index (χ3v) is 5.03. The standard InChI is InChI=1S/C18H23N3O3/c19-17(24)18(9-2-1-3-10-18)20-16(23)13-6-4-7-14(12-13)21-11-5-8-15(21)22/h4,6-7,12H,1-3,5,8-11H2,(H2,19,24)(H,20,23). The van der Waals surface area contributed by atoms with Crippen molar-refractivity contribution < 1.29 is 14.4 Å². The van der Waals surface area contributed by atoms with Gasteiger partial charge in [-0.25, -0.2) is 0 Å². The van der Waals surface area contributed by atoms with E-state index in [9.17, 15) is 14.4 Å². The summed E-state index contributed by atoms with van der Waals surface area (Å²) in [6.45, 7) is 0.676. The minimum absolute atomic E-state index is 0.0773. The highest BCUT2D eigenvalue weighted by Gasteiger charge is 2.39. The van der Waals surface area contributed by atoms with E-state index in [1.165, 1.54) is 0 Å². The first-order valence-electron chi connectivity index (χ1n) is 8.55. The van der Waals surface area contributed by atoms with Crippen LogP contribution in [-0.2, 0) is 9.59 Å². The smallest absolute Gasteiger partial charge is 0.252 e. The van der Waals surface area contributed by atoms with Crippen LogP contribution in [0.3, 0.4) is 0 Å². The van der Waals surface area contributed by atoms with E-state index >= 15 is 0 Å². The van der Waals surface area contributed by atoms with Crippen molar-refractivity contribution in [2.75, 3.05) is 11.4 Å². The van der Waals surface area contributed by atoms with Crippen LogP contribution < -0.4 is 16.0 Å². The molecule has 3 N–H and O–H groups in total. The maximum atomic E-state index is 12.6. The molecule has 6 heteroatoms. The lowest BCUT2D eigenvalue weighted by atomic mass is 9.81. The van der Waals surface area contributed by atoms with E-state index < -0.39 is 11.4 Å². The van der Waals surface area contributed by atoms with Crippen molar-refractivity contribution in [1.29, 1.82) is 0 Å². The van der Waals surface area contributed by atoms with Gasteiger partial charge in [-0.2, -0.15) is 0 Å². The van der Waals surface area contributed by atoms with Crippen LogP contribution in [0.25, 0.3) is 0 Å². The second-order valence-corrected chi connectivity index (χ2v) is 6.66. The highest BCUT2D eigenvalue weighted by atomic mass is 16.2. The number of rotatable bonds is 4. The van der Waals surface area contributed by atoms with Crippen LogP contribution in [0.15, 0.2) is 24.3 Å². The van der Waals surface area contributed by atoms with Gasteiger partial charge >= 0.3 is 0 Å². The zero-order chi connectivity index (χ0) is 17.2. The average Bonchev–Trinajstić information content (AvgIpc) is 3.02. The number of benzene rings is 1. The van der Waals surface area contributed by atoms with E-state index in [1.807, 2.05) is 6.07 Å². The summed E-state index contributed by atoms with van der Waals surface area (Å²) in [7, 11) is 0. The van der Waals surface area contributed by atoms with Gasteiger partial charge in [0, 0.05) is 24.2 Å². The summed E-state index contributed by atoms with van der Waals surface area (Å²) in [5, 5.41) is 2.86. The van der Waals surface area contributed by atoms with Crippen LogP contribution in [0.1, 0.15) is 55.3 Å². The van der Waals surface area contributed by atoms with Crippen molar-refractivity contribution in [3.05, 3.63) is 29.8 Å². The summed E-state index contributed by atoms with van der Waals surface area (Å²) in [6.07, 6.45) is 5.35. The number of amides is 3. The second-order valence-electron chi connectivity index (χ2n) is 6.66. The molecule has 24 heavy (non-hydrogen) atoms. The first-order valence-corrected chi connectivity index (χ1v) is 8.55. The largest absolute Gasteiger partial charge is 0.368 e. The summed E-state index contributed by atoms with van der Waals surface area (Å²) in [6, 6.07) is 6.98. The van der Waals surface area contributed by atoms with Crippen molar-refractivity contribution >= 4 is 23.4 Å². The third-order valence-electron chi connectivity index (χ3n) is 5.03. The fraction of sp³-hybridized carbons (Fsp3) is 0.500. The molecule has 1 aromatic carbocycles. The fourth-order valence-electron chi connectivity index (χ4n) is 3.61. The minimum Gasteiger partial charge on any atom is -0.368 e. The van der Waals surface area contributed by atoms with Gasteiger partial charge in [-0.05, 0) is 37.5 Å². The molecule has 1 saturated heterocycles. The van der Waals surface area contributed by atoms with Gasteiger partial charge in [0.15, 0.2) is 0 Å². The summed E-state index contributed by atoms with van der Waals surface area (Å²) in [5.41, 5.74) is 5.79. The molecule has 1 aromatic rings. The lowest BCUT2D eigenvalue weighted by Gasteiger charge is -2.35. The van der Waals surface area contributed by atoms with Crippen LogP contribution >= 0.6 is 0 Å². The van der Waals surface area contributed by atoms with E-state index in [2.05, 4.69) is 5.32 Å². The van der Waals surface area contributed by atoms with Gasteiger partial charge in [0.25, 0.3) is 5.91 Å². The quantitative estimate of drug-likeness (QED) is 0.881. The Bertz CT molecular complexity index is 665. The maximum absolute atomic E-state index is 12.6. The van der Waals surface area contributed by atoms with Crippen LogP contribution in [0.2, 0.25) is 0 Å². The Hall–Kier alpha value is -2.37. The molecule has 1 aliphatic heterocycles. The number of nitrogens with zero attached hydrogens (tertiary/aromatic N) is 1. The molecule has 2 aliphatic rings. The highest BCUT2D eigenvalue weighted by Crippen LogP contribution is 2.29. The fourth-order valence-corrected chi connectivity index (χ4v) is 3.61. The maximum Gasteiger partial charge on any atom is 0.252 e. The molecule has 3 amide bonds. The molecule has 1 heterocycles. The number of nitrogens with one attached hydrogen (secondary N) is 1. The van der Waals surface area contributed by atoms with Crippen molar-refractivity contribution in [2.24, 2.45) is 5.73 Å². The SMILES string of the molecule is NC(=O)C1(NC(=O)c2cccc(N3CCCC3=O)c2)CCCCC1. The van der Waals surface area contributed by atoms with Gasteiger partial charge in [-0.3, -0.25) is 14.4 Å². The number of nitrogens with two attached hydrogens (primary N) is 1. The van der Waals surface area contributed by atoms with E-state index in [-0.39, 0.29) is 11.8 Å². The van der Waals surface area contributed by atoms with E-state index in [0.717, 1.165) is 31.4 Å². The zero-order valence-electron chi connectivity index (χ0n) is 13.7. The van der Waals surface area contributed by atoms with Crippen molar-refractivity contribution in [3.8, 4) is 0 Å². The molecular weight excluding hydrogens is 306 g/mol. The highest BCUT2D eigenvalue weighted by molar-refractivity contribution is 6.01. The molecule has 0 unspecified atom stereocenters. The summed E-state index contributed by atoms with van der Waals surface area (Å²) in [4.78, 5) is 38.1. The Labute approximate surface area is 141 Å². The predicted octanol–water partition coefficient (Wildman–Crippen LogP) is 1.73. The normalized spacial score (nSPS) is 20.0. The predicted molar refractivity (Wildman–Crippen MR) is 90.5 cm³/mol. The molecule has 0 aromatic heterocycles. The van der Waals surface area contributed by atoms with E-state index in [1.54, 1.807) is 23.1 Å². The Morgan fingerprint density at radius 3 is 2.50 bits per heavy atom. The molecular formula is C18H23N3O3. The second kappa shape index (κ2) is 6.63. The van der Waals surface area contributed by atoms with Gasteiger partial charge < -0.3 is 16.0 Å². The number of anilines is 1. The lowest BCUT2D eigenvalue weighted by molar-refractivity contribution is -0.125. The van der Waals surface area contributed by atoms with Gasteiger partial charge in [0.05, 0.1) is 0 Å². The zero-order valence-corrected chi connectivity index (χ0v) is 13.7. The number of hydrogen-bond donors (Lipinski definition) is 2. The molecule has 1 saturated carbocycles. The molecule has 0 radical (unpaired) electrons. The Morgan fingerprint density at radius 1 is 1.12 bits per heavy atom. The van der Waals surface area contributed by atoms with E-state index in [0.29, 0.717) is 31.4 Å². The van der Waals surface area contributed by atoms with Crippen LogP contribution in [0.5, 0.6) is 0 Å². The first-order chi connectivity index (χ1) is 11.5. The van der Waals surface area contributed by atoms with Crippen LogP contribution in [0, 0.1) is 0 Å². The van der Waals surface area contributed by atoms with Crippen LogP contribution in [0.4, 0.5) is 5.69 Å². The Balaban J connectivity index is 1.79. The molecule has 128 valence electrons. The molecule has 6 nitrogen and oxygen atoms in total. The summed E-state index contributed by atoms with van der Waals surface area (Å²) >= 11 is 0. The lowest BCUT2D eigenvalue weighted by Crippen LogP contribution is -2.58. The topological polar surface area (TPSA) is 92.5 Å². The number of primary amides is 1. The molecule has 0 bridgehead atoms. The number of carbonyl (C=O) groups excluding carboxylic acids is 3. The number of carbonyl (C=O) groups is 3. The van der Waals surface area contributed by atoms with Gasteiger partial charge in [0.2, 0.25) is 11.8 Å². The monoisotopic (exact) mass is 329 g/mol. The molecule has 1 aliphatic carbocycles. The third kappa shape index (κ3) is 3.13. The van der Waals surface area contributed by atoms with Crippen molar-refractivity contribution in [2.45, 2.75) is 50.5 Å². The van der Waals surface area contributed by atoms with Crippen molar-refractivity contribution in [3.63, 3.8) is 0 Å². The van der Waals surface area contributed by atoms with E-state index in [4.69, 9.17) is 5.73 Å². The molecule has 3 rings (SSSR count). The summed E-state index contributed by atoms with van der Waals surface area (Å²) < 4.78 is 0. The van der Waals surface area contributed by atoms with Gasteiger partial charge in [-0.15, -0.1) is 0 Å². The van der Waals surface area contributed by atoms with Gasteiger partial charge in [-0.1, -0.05) is 25.3 Å². The molecule has 2 fully saturated rings. The van der Waals surface area contributed by atoms with Crippen LogP contribution in [-0.4, -0.2) is 29.8 Å². The Morgan fingerprint density at radius 2 is 1.88 bits per heavy atom. The van der Waals surface area contributed by atoms with Gasteiger partial charge in [0.1, 0.15) is 5.54 Å². The van der Waals surface area contributed by atoms with Crippen molar-refractivity contribution in [1.82, 2.24) is 5.32 Å². The molecule has 0 atom stereocenters. The molecule has 0 spiro atoms. The minimum atomic E-state index is -0.950. The Kier molecular flexibility index (Phi) is 4.55.